The molecule has 0 radical (unpaired) electrons. The van der Waals surface area contributed by atoms with Crippen LogP contribution in [0.4, 0.5) is 0 Å². The van der Waals surface area contributed by atoms with Gasteiger partial charge in [0.1, 0.15) is 5.75 Å². The Labute approximate surface area is 121 Å². The molecule has 6 heteroatoms. The molecule has 0 amide bonds. The molecule has 0 saturated heterocycles. The molecule has 0 saturated carbocycles. The summed E-state index contributed by atoms with van der Waals surface area (Å²) in [5, 5.41) is 0. The van der Waals surface area contributed by atoms with E-state index in [0.29, 0.717) is 17.0 Å². The molecule has 0 aliphatic rings. The number of benzene rings is 1. The summed E-state index contributed by atoms with van der Waals surface area (Å²) in [6, 6.07) is 6.56. The molecule has 0 bridgehead atoms. The van der Waals surface area contributed by atoms with Gasteiger partial charge in [0.2, 0.25) is 0 Å². The van der Waals surface area contributed by atoms with Crippen LogP contribution in [0.15, 0.2) is 36.7 Å². The van der Waals surface area contributed by atoms with E-state index in [4.69, 9.17) is 9.47 Å². The van der Waals surface area contributed by atoms with Gasteiger partial charge in [-0.05, 0) is 31.2 Å². The van der Waals surface area contributed by atoms with E-state index in [1.807, 2.05) is 0 Å². The Morgan fingerprint density at radius 1 is 1.10 bits per heavy atom. The summed E-state index contributed by atoms with van der Waals surface area (Å²) < 4.78 is 9.92. The van der Waals surface area contributed by atoms with Gasteiger partial charge in [-0.25, -0.2) is 9.78 Å². The molecular formula is C15H14N2O4. The first-order valence-electron chi connectivity index (χ1n) is 6.23. The fourth-order valence-corrected chi connectivity index (χ4v) is 1.56. The van der Waals surface area contributed by atoms with Gasteiger partial charge in [0.15, 0.2) is 18.1 Å². The highest BCUT2D eigenvalue weighted by molar-refractivity contribution is 5.99. The lowest BCUT2D eigenvalue weighted by Gasteiger charge is -2.05. The fourth-order valence-electron chi connectivity index (χ4n) is 1.56. The van der Waals surface area contributed by atoms with Crippen molar-refractivity contribution < 1.29 is 19.1 Å². The fraction of sp³-hybridized carbons (Fsp3) is 0.200. The number of nitrogens with zero attached hydrogens (tertiary/aromatic N) is 2. The van der Waals surface area contributed by atoms with E-state index in [1.165, 1.54) is 12.4 Å². The third-order valence-corrected chi connectivity index (χ3v) is 2.74. The number of carbonyl (C=O) groups is 2. The summed E-state index contributed by atoms with van der Waals surface area (Å²) in [5.74, 6) is -0.325. The first kappa shape index (κ1) is 14.6. The molecule has 0 atom stereocenters. The van der Waals surface area contributed by atoms with Crippen molar-refractivity contribution in [1.29, 1.82) is 0 Å². The van der Waals surface area contributed by atoms with Crippen LogP contribution >= 0.6 is 0 Å². The molecule has 0 aliphatic carbocycles. The number of ketones is 1. The lowest BCUT2D eigenvalue weighted by molar-refractivity contribution is 0.0468. The van der Waals surface area contributed by atoms with Crippen molar-refractivity contribution in [3.63, 3.8) is 0 Å². The standard InChI is InChI=1S/C15H14N2O4/c1-10-7-17-13(8-16-10)15(19)21-9-14(18)11-3-5-12(20-2)6-4-11/h3-8H,9H2,1-2H3. The zero-order chi connectivity index (χ0) is 15.2. The summed E-state index contributed by atoms with van der Waals surface area (Å²) in [6.07, 6.45) is 2.78. The summed E-state index contributed by atoms with van der Waals surface area (Å²) >= 11 is 0. The number of hydrogen-bond donors (Lipinski definition) is 0. The maximum absolute atomic E-state index is 11.9. The van der Waals surface area contributed by atoms with E-state index in [9.17, 15) is 9.59 Å². The van der Waals surface area contributed by atoms with Crippen LogP contribution < -0.4 is 4.74 Å². The Balaban J connectivity index is 1.93. The Kier molecular flexibility index (Phi) is 4.61. The average Bonchev–Trinajstić information content (AvgIpc) is 2.53. The van der Waals surface area contributed by atoms with Crippen LogP contribution in [-0.2, 0) is 4.74 Å². The van der Waals surface area contributed by atoms with Crippen molar-refractivity contribution in [3.05, 3.63) is 53.6 Å². The second-order valence-corrected chi connectivity index (χ2v) is 4.27. The van der Waals surface area contributed by atoms with Crippen molar-refractivity contribution in [2.75, 3.05) is 13.7 Å². The number of aromatic nitrogens is 2. The summed E-state index contributed by atoms with van der Waals surface area (Å²) in [7, 11) is 1.54. The maximum atomic E-state index is 11.9. The first-order chi connectivity index (χ1) is 10.1. The van der Waals surface area contributed by atoms with E-state index in [-0.39, 0.29) is 18.1 Å². The van der Waals surface area contributed by atoms with Gasteiger partial charge >= 0.3 is 5.97 Å². The maximum Gasteiger partial charge on any atom is 0.358 e. The van der Waals surface area contributed by atoms with E-state index < -0.39 is 5.97 Å². The summed E-state index contributed by atoms with van der Waals surface area (Å²) in [6.45, 7) is 1.41. The molecule has 21 heavy (non-hydrogen) atoms. The Hall–Kier alpha value is -2.76. The predicted molar refractivity (Wildman–Crippen MR) is 74.4 cm³/mol. The smallest absolute Gasteiger partial charge is 0.358 e. The van der Waals surface area contributed by atoms with Crippen molar-refractivity contribution >= 4 is 11.8 Å². The van der Waals surface area contributed by atoms with Gasteiger partial charge in [-0.3, -0.25) is 9.78 Å². The van der Waals surface area contributed by atoms with Gasteiger partial charge in [0.25, 0.3) is 0 Å². The zero-order valence-electron chi connectivity index (χ0n) is 11.7. The minimum atomic E-state index is -0.677. The quantitative estimate of drug-likeness (QED) is 0.616. The van der Waals surface area contributed by atoms with Gasteiger partial charge in [0, 0.05) is 11.8 Å². The highest BCUT2D eigenvalue weighted by Crippen LogP contribution is 2.12. The van der Waals surface area contributed by atoms with Gasteiger partial charge in [-0.2, -0.15) is 0 Å². The molecule has 0 aliphatic heterocycles. The minimum absolute atomic E-state index is 0.0723. The van der Waals surface area contributed by atoms with Crippen LogP contribution in [0.5, 0.6) is 5.75 Å². The predicted octanol–water partition coefficient (Wildman–Crippen LogP) is 1.83. The molecule has 0 spiro atoms. The normalized spacial score (nSPS) is 10.0. The molecule has 6 nitrogen and oxygen atoms in total. The van der Waals surface area contributed by atoms with Crippen LogP contribution in [0.2, 0.25) is 0 Å². The largest absolute Gasteiger partial charge is 0.497 e. The second-order valence-electron chi connectivity index (χ2n) is 4.27. The van der Waals surface area contributed by atoms with Gasteiger partial charge in [0.05, 0.1) is 19.0 Å². The van der Waals surface area contributed by atoms with Crippen molar-refractivity contribution in [2.45, 2.75) is 6.92 Å². The van der Waals surface area contributed by atoms with Crippen molar-refractivity contribution in [3.8, 4) is 5.75 Å². The monoisotopic (exact) mass is 286 g/mol. The lowest BCUT2D eigenvalue weighted by atomic mass is 10.1. The number of methoxy groups -OCH3 is 1. The van der Waals surface area contributed by atoms with Gasteiger partial charge in [-0.15, -0.1) is 0 Å². The van der Waals surface area contributed by atoms with E-state index >= 15 is 0 Å². The second kappa shape index (κ2) is 6.60. The number of esters is 1. The molecule has 1 aromatic heterocycles. The van der Waals surface area contributed by atoms with Gasteiger partial charge < -0.3 is 9.47 Å². The number of hydrogen-bond acceptors (Lipinski definition) is 6. The Morgan fingerprint density at radius 3 is 2.38 bits per heavy atom. The summed E-state index contributed by atoms with van der Waals surface area (Å²) in [5.41, 5.74) is 1.21. The number of Topliss-reactive ketones (excluding diaryl/α,β-unsaturated/α-hetero) is 1. The van der Waals surface area contributed by atoms with Crippen LogP contribution in [0.3, 0.4) is 0 Å². The van der Waals surface area contributed by atoms with E-state index in [2.05, 4.69) is 9.97 Å². The number of ether oxygens (including phenoxy) is 2. The molecule has 108 valence electrons. The van der Waals surface area contributed by atoms with Crippen LogP contribution in [0.25, 0.3) is 0 Å². The van der Waals surface area contributed by atoms with Crippen LogP contribution in [0, 0.1) is 6.92 Å². The summed E-state index contributed by atoms with van der Waals surface area (Å²) in [4.78, 5) is 31.4. The molecule has 2 aromatic rings. The third-order valence-electron chi connectivity index (χ3n) is 2.74. The highest BCUT2D eigenvalue weighted by Gasteiger charge is 2.13. The first-order valence-corrected chi connectivity index (χ1v) is 6.23. The van der Waals surface area contributed by atoms with E-state index in [0.717, 1.165) is 0 Å². The van der Waals surface area contributed by atoms with Gasteiger partial charge in [-0.1, -0.05) is 0 Å². The third kappa shape index (κ3) is 3.85. The molecule has 2 rings (SSSR count). The molecule has 1 aromatic carbocycles. The molecule has 0 unspecified atom stereocenters. The zero-order valence-corrected chi connectivity index (χ0v) is 11.7. The molecule has 0 fully saturated rings. The van der Waals surface area contributed by atoms with Crippen molar-refractivity contribution in [1.82, 2.24) is 9.97 Å². The topological polar surface area (TPSA) is 78.4 Å². The number of aryl methyl sites for hydroxylation is 1. The van der Waals surface area contributed by atoms with Crippen molar-refractivity contribution in [2.24, 2.45) is 0 Å². The SMILES string of the molecule is COc1ccc(C(=O)COC(=O)c2cnc(C)cn2)cc1. The highest BCUT2D eigenvalue weighted by atomic mass is 16.5. The molecule has 1 heterocycles. The molecular weight excluding hydrogens is 272 g/mol. The average molecular weight is 286 g/mol. The van der Waals surface area contributed by atoms with Crippen LogP contribution in [0.1, 0.15) is 26.5 Å². The van der Waals surface area contributed by atoms with Crippen LogP contribution in [-0.4, -0.2) is 35.4 Å². The number of carbonyl (C=O) groups excluding carboxylic acids is 2. The van der Waals surface area contributed by atoms with E-state index in [1.54, 1.807) is 38.3 Å². The lowest BCUT2D eigenvalue weighted by Crippen LogP contribution is -2.15. The Morgan fingerprint density at radius 2 is 1.81 bits per heavy atom. The Bertz CT molecular complexity index is 636. The molecule has 0 N–H and O–H groups in total. The minimum Gasteiger partial charge on any atom is -0.497 e. The number of rotatable bonds is 5.